The molecule has 0 aliphatic heterocycles. The van der Waals surface area contributed by atoms with Crippen LogP contribution in [0.4, 0.5) is 9.18 Å². The van der Waals surface area contributed by atoms with Crippen LogP contribution in [0, 0.1) is 5.82 Å². The summed E-state index contributed by atoms with van der Waals surface area (Å²) in [6.45, 7) is 2.37. The molecule has 0 aliphatic carbocycles. The normalized spacial score (nSPS) is 12.0. The molecule has 1 unspecified atom stereocenters. The maximum atomic E-state index is 13.5. The van der Waals surface area contributed by atoms with Gasteiger partial charge in [-0.1, -0.05) is 15.9 Å². The third-order valence-electron chi connectivity index (χ3n) is 2.86. The van der Waals surface area contributed by atoms with Crippen LogP contribution in [0.25, 0.3) is 0 Å². The van der Waals surface area contributed by atoms with Crippen molar-refractivity contribution in [2.45, 2.75) is 32.2 Å². The molecule has 0 aromatic heterocycles. The number of benzene rings is 1. The van der Waals surface area contributed by atoms with Crippen molar-refractivity contribution < 1.29 is 14.3 Å². The summed E-state index contributed by atoms with van der Waals surface area (Å²) < 4.78 is 14.3. The summed E-state index contributed by atoms with van der Waals surface area (Å²) in [7, 11) is 0. The summed E-state index contributed by atoms with van der Waals surface area (Å²) >= 11 is 3.29. The molecule has 1 rings (SSSR count). The summed E-state index contributed by atoms with van der Waals surface area (Å²) in [6.07, 6.45) is 1.82. The molecule has 0 radical (unpaired) electrons. The van der Waals surface area contributed by atoms with E-state index in [-0.39, 0.29) is 24.5 Å². The van der Waals surface area contributed by atoms with Gasteiger partial charge < -0.3 is 15.7 Å². The van der Waals surface area contributed by atoms with Gasteiger partial charge in [-0.05, 0) is 49.9 Å². The molecular formula is C14H20BrFN2O2. The Bertz CT molecular complexity index is 443. The highest BCUT2D eigenvalue weighted by Crippen LogP contribution is 2.15. The highest BCUT2D eigenvalue weighted by Gasteiger charge is 2.07. The van der Waals surface area contributed by atoms with Gasteiger partial charge in [0.05, 0.1) is 0 Å². The minimum absolute atomic E-state index is 0.00440. The van der Waals surface area contributed by atoms with Gasteiger partial charge in [-0.3, -0.25) is 0 Å². The second-order valence-corrected chi connectivity index (χ2v) is 5.57. The van der Waals surface area contributed by atoms with Crippen molar-refractivity contribution in [2.75, 3.05) is 13.2 Å². The second kappa shape index (κ2) is 8.92. The number of halogens is 2. The number of hydrogen-bond acceptors (Lipinski definition) is 2. The van der Waals surface area contributed by atoms with E-state index in [1.54, 1.807) is 12.1 Å². The fourth-order valence-electron chi connectivity index (χ4n) is 1.79. The highest BCUT2D eigenvalue weighted by atomic mass is 79.9. The van der Waals surface area contributed by atoms with E-state index in [1.807, 2.05) is 6.92 Å². The number of amides is 2. The van der Waals surface area contributed by atoms with Crippen molar-refractivity contribution in [3.05, 3.63) is 34.1 Å². The zero-order valence-corrected chi connectivity index (χ0v) is 13.0. The molecule has 0 saturated heterocycles. The number of aliphatic hydroxyl groups excluding tert-OH is 1. The molecule has 1 aromatic carbocycles. The van der Waals surface area contributed by atoms with Crippen LogP contribution in [0.3, 0.4) is 0 Å². The number of aliphatic hydroxyl groups is 1. The molecule has 0 saturated carbocycles. The van der Waals surface area contributed by atoms with Crippen LogP contribution >= 0.6 is 15.9 Å². The molecule has 0 heterocycles. The van der Waals surface area contributed by atoms with Crippen LogP contribution in [-0.4, -0.2) is 30.3 Å². The number of urea groups is 1. The summed E-state index contributed by atoms with van der Waals surface area (Å²) in [5, 5.41) is 14.2. The molecule has 3 N–H and O–H groups in total. The molecule has 1 aromatic rings. The smallest absolute Gasteiger partial charge is 0.315 e. The van der Waals surface area contributed by atoms with Gasteiger partial charge in [-0.25, -0.2) is 9.18 Å². The number of carbonyl (C=O) groups is 1. The van der Waals surface area contributed by atoms with Crippen molar-refractivity contribution in [2.24, 2.45) is 0 Å². The molecule has 0 spiro atoms. The van der Waals surface area contributed by atoms with Gasteiger partial charge >= 0.3 is 6.03 Å². The van der Waals surface area contributed by atoms with Gasteiger partial charge in [0.2, 0.25) is 0 Å². The first-order valence-corrected chi connectivity index (χ1v) is 7.41. The average Bonchev–Trinajstić information content (AvgIpc) is 2.40. The van der Waals surface area contributed by atoms with E-state index in [1.165, 1.54) is 6.07 Å². The Morgan fingerprint density at radius 3 is 2.95 bits per heavy atom. The van der Waals surface area contributed by atoms with E-state index in [0.29, 0.717) is 24.9 Å². The molecule has 1 atom stereocenters. The minimum Gasteiger partial charge on any atom is -0.396 e. The third-order valence-corrected chi connectivity index (χ3v) is 3.35. The molecule has 0 fully saturated rings. The maximum absolute atomic E-state index is 13.5. The zero-order valence-electron chi connectivity index (χ0n) is 11.5. The second-order valence-electron chi connectivity index (χ2n) is 4.65. The van der Waals surface area contributed by atoms with E-state index in [9.17, 15) is 9.18 Å². The predicted molar refractivity (Wildman–Crippen MR) is 80.1 cm³/mol. The Morgan fingerprint density at radius 2 is 2.25 bits per heavy atom. The van der Waals surface area contributed by atoms with Gasteiger partial charge in [0.15, 0.2) is 0 Å². The van der Waals surface area contributed by atoms with Crippen LogP contribution in [-0.2, 0) is 6.42 Å². The molecular weight excluding hydrogens is 327 g/mol. The Hall–Kier alpha value is -1.14. The van der Waals surface area contributed by atoms with Gasteiger partial charge in [0, 0.05) is 23.7 Å². The average molecular weight is 347 g/mol. The molecule has 0 aliphatic rings. The SMILES string of the molecule is CC(CCCO)NC(=O)NCCc1cc(Br)ccc1F. The minimum atomic E-state index is -0.272. The van der Waals surface area contributed by atoms with E-state index < -0.39 is 0 Å². The Kier molecular flexibility index (Phi) is 7.54. The lowest BCUT2D eigenvalue weighted by Gasteiger charge is -2.14. The Labute approximate surface area is 126 Å². The topological polar surface area (TPSA) is 61.4 Å². The van der Waals surface area contributed by atoms with Gasteiger partial charge in [-0.2, -0.15) is 0 Å². The van der Waals surface area contributed by atoms with Crippen molar-refractivity contribution in [3.8, 4) is 0 Å². The fraction of sp³-hybridized carbons (Fsp3) is 0.500. The quantitative estimate of drug-likeness (QED) is 0.710. The van der Waals surface area contributed by atoms with Gasteiger partial charge in [0.1, 0.15) is 5.82 Å². The van der Waals surface area contributed by atoms with E-state index >= 15 is 0 Å². The third kappa shape index (κ3) is 6.34. The summed E-state index contributed by atoms with van der Waals surface area (Å²) in [6, 6.07) is 4.48. The summed E-state index contributed by atoms with van der Waals surface area (Å²) in [5.74, 6) is -0.272. The maximum Gasteiger partial charge on any atom is 0.315 e. The molecule has 4 nitrogen and oxygen atoms in total. The van der Waals surface area contributed by atoms with E-state index in [4.69, 9.17) is 5.11 Å². The molecule has 0 bridgehead atoms. The first-order valence-electron chi connectivity index (χ1n) is 6.62. The Balaban J connectivity index is 2.29. The van der Waals surface area contributed by atoms with E-state index in [0.717, 1.165) is 10.9 Å². The van der Waals surface area contributed by atoms with Crippen molar-refractivity contribution >= 4 is 22.0 Å². The largest absolute Gasteiger partial charge is 0.396 e. The van der Waals surface area contributed by atoms with Gasteiger partial charge in [-0.15, -0.1) is 0 Å². The predicted octanol–water partition coefficient (Wildman–Crippen LogP) is 2.59. The molecule has 6 heteroatoms. The van der Waals surface area contributed by atoms with Gasteiger partial charge in [0.25, 0.3) is 0 Å². The summed E-state index contributed by atoms with van der Waals surface area (Å²) in [5.41, 5.74) is 0.563. The van der Waals surface area contributed by atoms with Crippen molar-refractivity contribution in [1.82, 2.24) is 10.6 Å². The van der Waals surface area contributed by atoms with Crippen LogP contribution < -0.4 is 10.6 Å². The number of carbonyl (C=O) groups excluding carboxylic acids is 1. The highest BCUT2D eigenvalue weighted by molar-refractivity contribution is 9.10. The standard InChI is InChI=1S/C14H20BrFN2O2/c1-10(3-2-8-19)18-14(20)17-7-6-11-9-12(15)4-5-13(11)16/h4-5,9-10,19H,2-3,6-8H2,1H3,(H2,17,18,20). The molecule has 112 valence electrons. The van der Waals surface area contributed by atoms with Crippen molar-refractivity contribution in [3.63, 3.8) is 0 Å². The van der Waals surface area contributed by atoms with Crippen LogP contribution in [0.2, 0.25) is 0 Å². The number of nitrogens with one attached hydrogen (secondary N) is 2. The first-order chi connectivity index (χ1) is 9.52. The van der Waals surface area contributed by atoms with Crippen LogP contribution in [0.15, 0.2) is 22.7 Å². The van der Waals surface area contributed by atoms with E-state index in [2.05, 4.69) is 26.6 Å². The zero-order chi connectivity index (χ0) is 15.0. The lowest BCUT2D eigenvalue weighted by atomic mass is 10.1. The van der Waals surface area contributed by atoms with Crippen molar-refractivity contribution in [1.29, 1.82) is 0 Å². The van der Waals surface area contributed by atoms with Crippen LogP contribution in [0.1, 0.15) is 25.3 Å². The summed E-state index contributed by atoms with van der Waals surface area (Å²) in [4.78, 5) is 11.6. The first kappa shape index (κ1) is 16.9. The molecule has 2 amide bonds. The fourth-order valence-corrected chi connectivity index (χ4v) is 2.20. The Morgan fingerprint density at radius 1 is 1.50 bits per heavy atom. The molecule has 20 heavy (non-hydrogen) atoms. The lowest BCUT2D eigenvalue weighted by molar-refractivity contribution is 0.234. The monoisotopic (exact) mass is 346 g/mol. The number of rotatable bonds is 7. The van der Waals surface area contributed by atoms with Crippen LogP contribution in [0.5, 0.6) is 0 Å². The number of hydrogen-bond donors (Lipinski definition) is 3. The lowest BCUT2D eigenvalue weighted by Crippen LogP contribution is -2.41.